The smallest absolute Gasteiger partial charge is 0.432 e. The van der Waals surface area contributed by atoms with Crippen molar-refractivity contribution in [1.29, 1.82) is 0 Å². The standard InChI is InChI=1S/C14H17F5O6S/c15-13(16,17)10(14(18,19)26(22,23)24)25-11(21)12-3-6-1-7(4-12)9(20)8(2-6)5-12/h6-10,20H,1-5H2,(H,22,23,24). The first kappa shape index (κ1) is 19.7. The van der Waals surface area contributed by atoms with E-state index in [1.165, 1.54) is 0 Å². The fraction of sp³-hybridized carbons (Fsp3) is 0.929. The maximum Gasteiger partial charge on any atom is 0.432 e. The van der Waals surface area contributed by atoms with Crippen LogP contribution < -0.4 is 0 Å². The lowest BCUT2D eigenvalue weighted by molar-refractivity contribution is -0.267. The molecule has 26 heavy (non-hydrogen) atoms. The van der Waals surface area contributed by atoms with Gasteiger partial charge in [-0.25, -0.2) is 0 Å². The van der Waals surface area contributed by atoms with Gasteiger partial charge in [0.2, 0.25) is 0 Å². The summed E-state index contributed by atoms with van der Waals surface area (Å²) in [5.74, 6) is -2.26. The van der Waals surface area contributed by atoms with Crippen LogP contribution in [0.15, 0.2) is 0 Å². The van der Waals surface area contributed by atoms with Crippen molar-refractivity contribution in [2.24, 2.45) is 23.2 Å². The molecular formula is C14H17F5O6S. The van der Waals surface area contributed by atoms with Crippen LogP contribution in [0.25, 0.3) is 0 Å². The zero-order chi connectivity index (χ0) is 19.7. The van der Waals surface area contributed by atoms with E-state index in [9.17, 15) is 40.3 Å². The first-order valence-electron chi connectivity index (χ1n) is 7.98. The Hall–Kier alpha value is -1.01. The number of aliphatic hydroxyl groups excluding tert-OH is 1. The van der Waals surface area contributed by atoms with Gasteiger partial charge >= 0.3 is 27.5 Å². The fourth-order valence-corrected chi connectivity index (χ4v) is 5.39. The lowest BCUT2D eigenvalue weighted by Crippen LogP contribution is -2.59. The molecule has 4 saturated carbocycles. The largest absolute Gasteiger partial charge is 0.444 e. The molecule has 2 N–H and O–H groups in total. The Bertz CT molecular complexity index is 689. The maximum absolute atomic E-state index is 13.6. The highest BCUT2D eigenvalue weighted by Crippen LogP contribution is 2.60. The van der Waals surface area contributed by atoms with Gasteiger partial charge in [0.25, 0.3) is 6.10 Å². The first-order chi connectivity index (χ1) is 11.7. The Morgan fingerprint density at radius 3 is 2.00 bits per heavy atom. The molecule has 0 saturated heterocycles. The van der Waals surface area contributed by atoms with E-state index in [0.717, 1.165) is 0 Å². The average Bonchev–Trinajstić information content (AvgIpc) is 2.46. The van der Waals surface area contributed by atoms with Crippen molar-refractivity contribution in [3.63, 3.8) is 0 Å². The number of carbonyl (C=O) groups excluding carboxylic acids is 1. The van der Waals surface area contributed by atoms with Crippen molar-refractivity contribution in [2.45, 2.75) is 55.7 Å². The lowest BCUT2D eigenvalue weighted by atomic mass is 9.48. The molecule has 0 radical (unpaired) electrons. The molecule has 4 fully saturated rings. The number of esters is 1. The third kappa shape index (κ3) is 2.99. The predicted molar refractivity (Wildman–Crippen MR) is 74.4 cm³/mol. The third-order valence-corrected chi connectivity index (χ3v) is 6.73. The van der Waals surface area contributed by atoms with Gasteiger partial charge in [-0.15, -0.1) is 0 Å². The minimum absolute atomic E-state index is 0.00201. The molecule has 0 spiro atoms. The van der Waals surface area contributed by atoms with E-state index >= 15 is 0 Å². The van der Waals surface area contributed by atoms with Crippen LogP contribution in [0.1, 0.15) is 32.1 Å². The average molecular weight is 408 g/mol. The van der Waals surface area contributed by atoms with Gasteiger partial charge in [0, 0.05) is 0 Å². The second-order valence-corrected chi connectivity index (χ2v) is 9.10. The maximum atomic E-state index is 13.6. The van der Waals surface area contributed by atoms with Gasteiger partial charge in [0.1, 0.15) is 0 Å². The van der Waals surface area contributed by atoms with Crippen LogP contribution in [0, 0.1) is 23.2 Å². The van der Waals surface area contributed by atoms with Crippen molar-refractivity contribution >= 4 is 16.1 Å². The Labute approximate surface area is 145 Å². The Kier molecular flexibility index (Phi) is 4.36. The minimum atomic E-state index is -6.47. The second kappa shape index (κ2) is 5.74. The summed E-state index contributed by atoms with van der Waals surface area (Å²) in [6, 6.07) is 0. The van der Waals surface area contributed by atoms with Crippen LogP contribution in [-0.2, 0) is 19.6 Å². The number of hydrogen-bond donors (Lipinski definition) is 2. The Morgan fingerprint density at radius 2 is 1.58 bits per heavy atom. The predicted octanol–water partition coefficient (Wildman–Crippen LogP) is 2.13. The van der Waals surface area contributed by atoms with Crippen molar-refractivity contribution in [2.75, 3.05) is 0 Å². The molecule has 0 aliphatic heterocycles. The van der Waals surface area contributed by atoms with Gasteiger partial charge in [-0.2, -0.15) is 30.4 Å². The SMILES string of the molecule is O=C(OC(C(F)(F)F)C(F)(F)S(=O)(=O)O)C12CC3CC(C1)C(O)C(C3)C2. The number of halogens is 5. The second-order valence-electron chi connectivity index (χ2n) is 7.60. The summed E-state index contributed by atoms with van der Waals surface area (Å²) in [5.41, 5.74) is -1.45. The summed E-state index contributed by atoms with van der Waals surface area (Å²) in [6.07, 6.45) is -9.58. The molecule has 4 aliphatic carbocycles. The number of rotatable bonds is 4. The highest BCUT2D eigenvalue weighted by Gasteiger charge is 2.68. The minimum Gasteiger partial charge on any atom is -0.444 e. The van der Waals surface area contributed by atoms with Crippen LogP contribution >= 0.6 is 0 Å². The molecule has 0 amide bonds. The van der Waals surface area contributed by atoms with Crippen LogP contribution in [0.5, 0.6) is 0 Å². The van der Waals surface area contributed by atoms with E-state index in [0.29, 0.717) is 12.8 Å². The quantitative estimate of drug-likeness (QED) is 0.420. The zero-order valence-corrected chi connectivity index (χ0v) is 14.1. The summed E-state index contributed by atoms with van der Waals surface area (Å²) in [5, 5.41) is 4.37. The molecule has 3 atom stereocenters. The van der Waals surface area contributed by atoms with Crippen molar-refractivity contribution in [1.82, 2.24) is 0 Å². The number of hydrogen-bond acceptors (Lipinski definition) is 5. The van der Waals surface area contributed by atoms with Gasteiger partial charge in [-0.1, -0.05) is 0 Å². The molecule has 150 valence electrons. The van der Waals surface area contributed by atoms with Crippen LogP contribution in [0.2, 0.25) is 0 Å². The fourth-order valence-electron chi connectivity index (χ4n) is 4.94. The molecule has 4 bridgehead atoms. The Morgan fingerprint density at radius 1 is 1.08 bits per heavy atom. The Balaban J connectivity index is 1.88. The van der Waals surface area contributed by atoms with E-state index in [2.05, 4.69) is 4.74 Å². The molecule has 4 rings (SSSR count). The van der Waals surface area contributed by atoms with Crippen LogP contribution in [-0.4, -0.2) is 47.7 Å². The van der Waals surface area contributed by atoms with Gasteiger partial charge in [0.05, 0.1) is 11.5 Å². The highest BCUT2D eigenvalue weighted by molar-refractivity contribution is 7.86. The van der Waals surface area contributed by atoms with Crippen LogP contribution in [0.4, 0.5) is 22.0 Å². The summed E-state index contributed by atoms with van der Waals surface area (Å²) < 4.78 is 100.0. The summed E-state index contributed by atoms with van der Waals surface area (Å²) >= 11 is 0. The molecule has 6 nitrogen and oxygen atoms in total. The lowest BCUT2D eigenvalue weighted by Gasteiger charge is -2.57. The van der Waals surface area contributed by atoms with E-state index in [4.69, 9.17) is 4.55 Å². The molecular weight excluding hydrogens is 391 g/mol. The monoisotopic (exact) mass is 408 g/mol. The topological polar surface area (TPSA) is 101 Å². The van der Waals surface area contributed by atoms with E-state index in [1.54, 1.807) is 0 Å². The molecule has 0 aromatic carbocycles. The zero-order valence-electron chi connectivity index (χ0n) is 13.2. The molecule has 0 aromatic heterocycles. The highest BCUT2D eigenvalue weighted by atomic mass is 32.2. The number of alkyl halides is 5. The summed E-state index contributed by atoms with van der Waals surface area (Å²) in [6.45, 7) is 0. The summed E-state index contributed by atoms with van der Waals surface area (Å²) in [7, 11) is -6.47. The van der Waals surface area contributed by atoms with Crippen LogP contribution in [0.3, 0.4) is 0 Å². The van der Waals surface area contributed by atoms with Gasteiger partial charge < -0.3 is 9.84 Å². The number of aliphatic hydroxyl groups is 1. The molecule has 4 aliphatic rings. The molecule has 12 heteroatoms. The molecule has 0 heterocycles. The van der Waals surface area contributed by atoms with Crippen molar-refractivity contribution in [3.05, 3.63) is 0 Å². The van der Waals surface area contributed by atoms with E-state index < -0.39 is 45.1 Å². The van der Waals surface area contributed by atoms with Gasteiger partial charge in [0.15, 0.2) is 0 Å². The molecule has 3 unspecified atom stereocenters. The number of carbonyl (C=O) groups is 1. The van der Waals surface area contributed by atoms with Gasteiger partial charge in [-0.3, -0.25) is 9.35 Å². The first-order valence-corrected chi connectivity index (χ1v) is 9.42. The normalized spacial score (nSPS) is 38.3. The molecule has 0 aromatic rings. The third-order valence-electron chi connectivity index (χ3n) is 5.83. The van der Waals surface area contributed by atoms with Crippen molar-refractivity contribution in [3.8, 4) is 0 Å². The van der Waals surface area contributed by atoms with Gasteiger partial charge in [-0.05, 0) is 49.9 Å². The summed E-state index contributed by atoms with van der Waals surface area (Å²) in [4.78, 5) is 12.4. The van der Waals surface area contributed by atoms with E-state index in [-0.39, 0.29) is 37.0 Å². The van der Waals surface area contributed by atoms with E-state index in [1.807, 2.05) is 0 Å². The number of ether oxygens (including phenoxy) is 1. The van der Waals surface area contributed by atoms with Crippen molar-refractivity contribution < 1.29 is 49.6 Å².